The van der Waals surface area contributed by atoms with E-state index < -0.39 is 23.4 Å². The summed E-state index contributed by atoms with van der Waals surface area (Å²) in [5, 5.41) is 12.1. The third kappa shape index (κ3) is 3.46. The number of urea groups is 1. The molecule has 0 spiro atoms. The molecule has 0 aromatic rings. The van der Waals surface area contributed by atoms with E-state index in [9.17, 15) is 19.5 Å². The number of hydrogen-bond donors (Lipinski definition) is 3. The molecule has 0 unspecified atom stereocenters. The molecule has 2 saturated carbocycles. The molecule has 21 heavy (non-hydrogen) atoms. The molecule has 2 aliphatic rings. The molecule has 118 valence electrons. The zero-order valence-corrected chi connectivity index (χ0v) is 12.1. The van der Waals surface area contributed by atoms with Crippen LogP contribution in [0, 0.1) is 0 Å². The normalized spacial score (nSPS) is 21.1. The number of nitrogens with zero attached hydrogens (tertiary/aromatic N) is 1. The molecule has 2 fully saturated rings. The summed E-state index contributed by atoms with van der Waals surface area (Å²) in [5.74, 6) is -1.58. The number of nitrogens with two attached hydrogens (primary N) is 1. The van der Waals surface area contributed by atoms with Crippen LogP contribution in [0.4, 0.5) is 4.79 Å². The lowest BCUT2D eigenvalue weighted by Gasteiger charge is -2.33. The number of hydrogen-bond acceptors (Lipinski definition) is 3. The Morgan fingerprint density at radius 3 is 2.19 bits per heavy atom. The SMILES string of the molecule is NC(=O)CN(C(=O)NC1(C(=O)O)CCCC1)C1CCCC1. The molecule has 0 saturated heterocycles. The third-order valence-electron chi connectivity index (χ3n) is 4.57. The largest absolute Gasteiger partial charge is 0.480 e. The van der Waals surface area contributed by atoms with E-state index >= 15 is 0 Å². The Bertz CT molecular complexity index is 426. The van der Waals surface area contributed by atoms with Crippen LogP contribution in [0.25, 0.3) is 0 Å². The summed E-state index contributed by atoms with van der Waals surface area (Å²) < 4.78 is 0. The first kappa shape index (κ1) is 15.6. The zero-order valence-electron chi connectivity index (χ0n) is 12.1. The van der Waals surface area contributed by atoms with Crippen molar-refractivity contribution in [3.63, 3.8) is 0 Å². The molecule has 0 aromatic carbocycles. The molecule has 2 aliphatic carbocycles. The Labute approximate surface area is 123 Å². The van der Waals surface area contributed by atoms with Gasteiger partial charge in [0.15, 0.2) is 0 Å². The summed E-state index contributed by atoms with van der Waals surface area (Å²) in [5.41, 5.74) is 4.03. The van der Waals surface area contributed by atoms with Crippen molar-refractivity contribution in [1.29, 1.82) is 0 Å². The van der Waals surface area contributed by atoms with Crippen molar-refractivity contribution in [2.75, 3.05) is 6.54 Å². The van der Waals surface area contributed by atoms with E-state index in [0.717, 1.165) is 38.5 Å². The summed E-state index contributed by atoms with van der Waals surface area (Å²) in [6.45, 7) is -0.161. The van der Waals surface area contributed by atoms with Gasteiger partial charge in [-0.05, 0) is 25.7 Å². The number of amides is 3. The fourth-order valence-electron chi connectivity index (χ4n) is 3.40. The van der Waals surface area contributed by atoms with Crippen LogP contribution in [0.1, 0.15) is 51.4 Å². The van der Waals surface area contributed by atoms with Crippen molar-refractivity contribution in [1.82, 2.24) is 10.2 Å². The summed E-state index contributed by atoms with van der Waals surface area (Å²) in [6, 6.07) is -0.505. The number of primary amides is 1. The van der Waals surface area contributed by atoms with Crippen molar-refractivity contribution in [3.8, 4) is 0 Å². The maximum Gasteiger partial charge on any atom is 0.329 e. The molecule has 0 heterocycles. The Hall–Kier alpha value is -1.79. The molecule has 4 N–H and O–H groups in total. The predicted octanol–water partition coefficient (Wildman–Crippen LogP) is 0.823. The lowest BCUT2D eigenvalue weighted by molar-refractivity contribution is -0.144. The van der Waals surface area contributed by atoms with Crippen molar-refractivity contribution in [3.05, 3.63) is 0 Å². The lowest BCUT2D eigenvalue weighted by atomic mass is 9.98. The van der Waals surface area contributed by atoms with Crippen LogP contribution >= 0.6 is 0 Å². The third-order valence-corrected chi connectivity index (χ3v) is 4.57. The minimum atomic E-state index is -1.19. The Morgan fingerprint density at radius 1 is 1.14 bits per heavy atom. The van der Waals surface area contributed by atoms with Gasteiger partial charge < -0.3 is 21.1 Å². The van der Waals surface area contributed by atoms with Crippen LogP contribution in [-0.4, -0.2) is 46.0 Å². The highest BCUT2D eigenvalue weighted by Crippen LogP contribution is 2.31. The van der Waals surface area contributed by atoms with Gasteiger partial charge >= 0.3 is 12.0 Å². The van der Waals surface area contributed by atoms with Crippen LogP contribution < -0.4 is 11.1 Å². The van der Waals surface area contributed by atoms with Gasteiger partial charge in [0.05, 0.1) is 0 Å². The number of carboxylic acids is 1. The highest BCUT2D eigenvalue weighted by Gasteiger charge is 2.44. The van der Waals surface area contributed by atoms with Gasteiger partial charge in [-0.1, -0.05) is 25.7 Å². The number of carbonyl (C=O) groups is 3. The molecule has 0 aromatic heterocycles. The predicted molar refractivity (Wildman–Crippen MR) is 75.5 cm³/mol. The maximum absolute atomic E-state index is 12.5. The molecule has 7 heteroatoms. The standard InChI is InChI=1S/C14H23N3O4/c15-11(18)9-17(10-5-1-2-6-10)13(21)16-14(12(19)20)7-3-4-8-14/h10H,1-9H2,(H2,15,18)(H,16,21)(H,19,20). The van der Waals surface area contributed by atoms with Crippen LogP contribution in [-0.2, 0) is 9.59 Å². The van der Waals surface area contributed by atoms with Crippen molar-refractivity contribution >= 4 is 17.9 Å². The topological polar surface area (TPSA) is 113 Å². The smallest absolute Gasteiger partial charge is 0.329 e. The van der Waals surface area contributed by atoms with Gasteiger partial charge in [0.1, 0.15) is 12.1 Å². The van der Waals surface area contributed by atoms with Crippen molar-refractivity contribution < 1.29 is 19.5 Å². The summed E-state index contributed by atoms with van der Waals surface area (Å²) >= 11 is 0. The number of carbonyl (C=O) groups excluding carboxylic acids is 2. The zero-order chi connectivity index (χ0) is 15.5. The van der Waals surface area contributed by atoms with Gasteiger partial charge in [0.25, 0.3) is 0 Å². The van der Waals surface area contributed by atoms with E-state index in [-0.39, 0.29) is 12.6 Å². The fraction of sp³-hybridized carbons (Fsp3) is 0.786. The number of nitrogens with one attached hydrogen (secondary N) is 1. The van der Waals surface area contributed by atoms with Gasteiger partial charge in [-0.3, -0.25) is 4.79 Å². The van der Waals surface area contributed by atoms with Gasteiger partial charge in [0, 0.05) is 6.04 Å². The van der Waals surface area contributed by atoms with Crippen molar-refractivity contribution in [2.24, 2.45) is 5.73 Å². The molecule has 0 aliphatic heterocycles. The number of rotatable bonds is 5. The molecule has 0 bridgehead atoms. The van der Waals surface area contributed by atoms with E-state index in [4.69, 9.17) is 5.73 Å². The number of carboxylic acid groups (broad SMARTS) is 1. The average molecular weight is 297 g/mol. The molecule has 2 rings (SSSR count). The highest BCUT2D eigenvalue weighted by atomic mass is 16.4. The number of aliphatic carboxylic acids is 1. The van der Waals surface area contributed by atoms with Gasteiger partial charge in [0.2, 0.25) is 5.91 Å². The Kier molecular flexibility index (Phi) is 4.69. The molecule has 7 nitrogen and oxygen atoms in total. The molecular weight excluding hydrogens is 274 g/mol. The van der Waals surface area contributed by atoms with E-state index in [1.807, 2.05) is 0 Å². The van der Waals surface area contributed by atoms with E-state index in [1.54, 1.807) is 0 Å². The second-order valence-electron chi connectivity index (χ2n) is 6.06. The molecular formula is C14H23N3O4. The van der Waals surface area contributed by atoms with E-state index in [1.165, 1.54) is 4.90 Å². The monoisotopic (exact) mass is 297 g/mol. The van der Waals surface area contributed by atoms with Crippen LogP contribution in [0.3, 0.4) is 0 Å². The molecule has 0 atom stereocenters. The summed E-state index contributed by atoms with van der Waals surface area (Å²) in [7, 11) is 0. The first-order valence-corrected chi connectivity index (χ1v) is 7.55. The first-order valence-electron chi connectivity index (χ1n) is 7.55. The van der Waals surface area contributed by atoms with Gasteiger partial charge in [-0.2, -0.15) is 0 Å². The lowest BCUT2D eigenvalue weighted by Crippen LogP contribution is -2.58. The molecule has 3 amide bonds. The second kappa shape index (κ2) is 6.32. The quantitative estimate of drug-likeness (QED) is 0.697. The second-order valence-corrected chi connectivity index (χ2v) is 6.06. The Balaban J connectivity index is 2.09. The minimum absolute atomic E-state index is 0.0234. The summed E-state index contributed by atoms with van der Waals surface area (Å²) in [4.78, 5) is 36.6. The highest BCUT2D eigenvalue weighted by molar-refractivity contribution is 5.88. The maximum atomic E-state index is 12.5. The van der Waals surface area contributed by atoms with Crippen molar-refractivity contribution in [2.45, 2.75) is 62.9 Å². The average Bonchev–Trinajstić information content (AvgIpc) is 3.07. The van der Waals surface area contributed by atoms with Gasteiger partial charge in [-0.25, -0.2) is 9.59 Å². The van der Waals surface area contributed by atoms with E-state index in [0.29, 0.717) is 12.8 Å². The van der Waals surface area contributed by atoms with Crippen LogP contribution in [0.2, 0.25) is 0 Å². The Morgan fingerprint density at radius 2 is 1.71 bits per heavy atom. The van der Waals surface area contributed by atoms with Crippen LogP contribution in [0.15, 0.2) is 0 Å². The van der Waals surface area contributed by atoms with E-state index in [2.05, 4.69) is 5.32 Å². The minimum Gasteiger partial charge on any atom is -0.480 e. The van der Waals surface area contributed by atoms with Crippen LogP contribution in [0.5, 0.6) is 0 Å². The first-order chi connectivity index (χ1) is 9.94. The molecule has 0 radical (unpaired) electrons. The fourth-order valence-corrected chi connectivity index (χ4v) is 3.40. The summed E-state index contributed by atoms with van der Waals surface area (Å²) in [6.07, 6.45) is 6.13. The van der Waals surface area contributed by atoms with Gasteiger partial charge in [-0.15, -0.1) is 0 Å².